The van der Waals surface area contributed by atoms with Crippen LogP contribution in [0.3, 0.4) is 0 Å². The molecule has 1 aromatic carbocycles. The molecular formula is C23H44. The van der Waals surface area contributed by atoms with Crippen molar-refractivity contribution in [2.45, 2.75) is 114 Å². The summed E-state index contributed by atoms with van der Waals surface area (Å²) >= 11 is 0. The van der Waals surface area contributed by atoms with Crippen molar-refractivity contribution in [2.75, 3.05) is 0 Å². The highest BCUT2D eigenvalue weighted by Gasteiger charge is 2.29. The first-order valence-corrected chi connectivity index (χ1v) is 9.55. The van der Waals surface area contributed by atoms with Crippen molar-refractivity contribution in [3.05, 3.63) is 33.9 Å². The first-order valence-electron chi connectivity index (χ1n) is 9.55. The van der Waals surface area contributed by atoms with Crippen molar-refractivity contribution in [1.82, 2.24) is 0 Å². The van der Waals surface area contributed by atoms with E-state index in [1.807, 2.05) is 13.8 Å². The zero-order chi connectivity index (χ0) is 19.0. The third-order valence-corrected chi connectivity index (χ3v) is 3.71. The van der Waals surface area contributed by atoms with Gasteiger partial charge in [0.25, 0.3) is 0 Å². The van der Waals surface area contributed by atoms with Crippen LogP contribution in [0.5, 0.6) is 0 Å². The summed E-state index contributed by atoms with van der Waals surface area (Å²) < 4.78 is 0. The summed E-state index contributed by atoms with van der Waals surface area (Å²) in [6.07, 6.45) is 2.38. The van der Waals surface area contributed by atoms with Crippen molar-refractivity contribution in [3.8, 4) is 0 Å². The molecule has 0 aliphatic heterocycles. The average molecular weight is 321 g/mol. The van der Waals surface area contributed by atoms with Gasteiger partial charge in [-0.05, 0) is 58.9 Å². The third-order valence-electron chi connectivity index (χ3n) is 3.71. The summed E-state index contributed by atoms with van der Waals surface area (Å²) in [6.45, 7) is 29.1. The molecule has 136 valence electrons. The fourth-order valence-corrected chi connectivity index (χ4v) is 3.28. The molecule has 0 heterocycles. The minimum absolute atomic E-state index is 0.213. The van der Waals surface area contributed by atoms with Crippen LogP contribution >= 0.6 is 0 Å². The quantitative estimate of drug-likeness (QED) is 0.493. The maximum Gasteiger partial charge on any atom is -0.0126 e. The van der Waals surface area contributed by atoms with Gasteiger partial charge in [0.15, 0.2) is 0 Å². The molecule has 0 radical (unpaired) electrons. The fraction of sp³-hybridized carbons (Fsp3) is 0.739. The molecule has 0 nitrogen and oxygen atoms in total. The highest BCUT2D eigenvalue weighted by atomic mass is 14.3. The predicted octanol–water partition coefficient (Wildman–Crippen LogP) is 7.90. The molecule has 0 aliphatic rings. The molecule has 0 unspecified atom stereocenters. The second kappa shape index (κ2) is 10.2. The van der Waals surface area contributed by atoms with E-state index in [-0.39, 0.29) is 10.8 Å². The van der Waals surface area contributed by atoms with Crippen molar-refractivity contribution < 1.29 is 0 Å². The first-order chi connectivity index (χ1) is 10.4. The molecular weight excluding hydrogens is 276 g/mol. The van der Waals surface area contributed by atoms with Gasteiger partial charge in [-0.25, -0.2) is 0 Å². The lowest BCUT2D eigenvalue weighted by atomic mass is 9.70. The summed E-state index contributed by atoms with van der Waals surface area (Å²) in [6, 6.07) is 2.37. The molecule has 0 bridgehead atoms. The maximum atomic E-state index is 2.37. The molecule has 0 saturated heterocycles. The van der Waals surface area contributed by atoms with Crippen molar-refractivity contribution >= 4 is 0 Å². The van der Waals surface area contributed by atoms with Crippen LogP contribution in [-0.4, -0.2) is 0 Å². The molecule has 0 atom stereocenters. The number of rotatable bonds is 1. The monoisotopic (exact) mass is 320 g/mol. The zero-order valence-electron chi connectivity index (χ0n) is 18.5. The van der Waals surface area contributed by atoms with E-state index in [9.17, 15) is 0 Å². The van der Waals surface area contributed by atoms with Gasteiger partial charge in [-0.1, -0.05) is 88.6 Å². The number of benzene rings is 1. The van der Waals surface area contributed by atoms with Gasteiger partial charge in [0.1, 0.15) is 0 Å². The first kappa shape index (κ1) is 24.5. The van der Waals surface area contributed by atoms with Gasteiger partial charge in [-0.2, -0.15) is 0 Å². The Labute approximate surface area is 148 Å². The van der Waals surface area contributed by atoms with Gasteiger partial charge < -0.3 is 0 Å². The Morgan fingerprint density at radius 1 is 0.696 bits per heavy atom. The molecule has 1 rings (SSSR count). The largest absolute Gasteiger partial charge is 0.0683 e. The minimum Gasteiger partial charge on any atom is -0.0683 e. The van der Waals surface area contributed by atoms with E-state index in [2.05, 4.69) is 82.2 Å². The van der Waals surface area contributed by atoms with E-state index in [1.54, 1.807) is 16.7 Å². The van der Waals surface area contributed by atoms with Gasteiger partial charge in [-0.15, -0.1) is 0 Å². The van der Waals surface area contributed by atoms with E-state index >= 15 is 0 Å². The minimum atomic E-state index is 0.213. The summed E-state index contributed by atoms with van der Waals surface area (Å²) in [5.41, 5.74) is 8.01. The van der Waals surface area contributed by atoms with Crippen LogP contribution in [0.2, 0.25) is 0 Å². The normalized spacial score (nSPS) is 11.2. The fourth-order valence-electron chi connectivity index (χ4n) is 3.28. The van der Waals surface area contributed by atoms with E-state index in [0.717, 1.165) is 6.42 Å². The number of hydrogen-bond acceptors (Lipinski definition) is 0. The summed E-state index contributed by atoms with van der Waals surface area (Å²) in [5.74, 6) is 0. The van der Waals surface area contributed by atoms with Gasteiger partial charge >= 0.3 is 0 Å². The lowest BCUT2D eigenvalue weighted by molar-refractivity contribution is 0.521. The molecule has 0 saturated carbocycles. The molecule has 0 aromatic heterocycles. The van der Waals surface area contributed by atoms with E-state index < -0.39 is 0 Å². The Bertz CT molecular complexity index is 450. The van der Waals surface area contributed by atoms with Gasteiger partial charge in [0, 0.05) is 0 Å². The van der Waals surface area contributed by atoms with E-state index in [1.165, 1.54) is 17.5 Å². The van der Waals surface area contributed by atoms with Crippen LogP contribution in [0.25, 0.3) is 0 Å². The molecule has 0 spiro atoms. The Hall–Kier alpha value is -0.780. The maximum absolute atomic E-state index is 2.37. The van der Waals surface area contributed by atoms with Crippen LogP contribution in [0.4, 0.5) is 0 Å². The van der Waals surface area contributed by atoms with Crippen molar-refractivity contribution in [2.24, 2.45) is 0 Å². The van der Waals surface area contributed by atoms with E-state index in [0.29, 0.717) is 0 Å². The Balaban J connectivity index is 0. The van der Waals surface area contributed by atoms with Crippen molar-refractivity contribution in [1.29, 1.82) is 0 Å². The lowest BCUT2D eigenvalue weighted by Gasteiger charge is -2.35. The second-order valence-electron chi connectivity index (χ2n) is 8.30. The summed E-state index contributed by atoms with van der Waals surface area (Å²) in [4.78, 5) is 0. The molecule has 0 N–H and O–H groups in total. The highest BCUT2D eigenvalue weighted by molar-refractivity contribution is 5.51. The predicted molar refractivity (Wildman–Crippen MR) is 110 cm³/mol. The van der Waals surface area contributed by atoms with Crippen LogP contribution in [0.1, 0.15) is 110 Å². The number of hydrogen-bond donors (Lipinski definition) is 0. The second-order valence-corrected chi connectivity index (χ2v) is 8.30. The van der Waals surface area contributed by atoms with Gasteiger partial charge in [0.2, 0.25) is 0 Å². The van der Waals surface area contributed by atoms with Crippen LogP contribution in [0.15, 0.2) is 6.07 Å². The third kappa shape index (κ3) is 7.10. The topological polar surface area (TPSA) is 0 Å². The highest BCUT2D eigenvalue weighted by Crippen LogP contribution is 2.39. The molecule has 0 heteroatoms. The summed E-state index contributed by atoms with van der Waals surface area (Å²) in [7, 11) is 0. The zero-order valence-corrected chi connectivity index (χ0v) is 18.5. The number of aryl methyl sites for hydroxylation is 2. The molecule has 0 fully saturated rings. The van der Waals surface area contributed by atoms with Crippen LogP contribution in [0, 0.1) is 13.8 Å². The molecule has 23 heavy (non-hydrogen) atoms. The average Bonchev–Trinajstić information content (AvgIpc) is 2.38. The van der Waals surface area contributed by atoms with Crippen LogP contribution < -0.4 is 0 Å². The Morgan fingerprint density at radius 2 is 1.04 bits per heavy atom. The van der Waals surface area contributed by atoms with Gasteiger partial charge in [0.05, 0.1) is 0 Å². The summed E-state index contributed by atoms with van der Waals surface area (Å²) in [5, 5.41) is 0. The Morgan fingerprint density at radius 3 is 1.30 bits per heavy atom. The molecule has 1 aromatic rings. The lowest BCUT2D eigenvalue weighted by Crippen LogP contribution is -2.25. The van der Waals surface area contributed by atoms with Crippen molar-refractivity contribution in [3.63, 3.8) is 0 Å². The molecule has 0 aliphatic carbocycles. The standard InChI is InChI=1S/C18H30.C3H8.C2H6/c1-10-14-12(2)11-13(3)15(17(4,5)6)16(14)18(7,8)9;1-3-2;1-2/h11H,10H2,1-9H3;3H2,1-2H3;1-2H3. The van der Waals surface area contributed by atoms with Gasteiger partial charge in [-0.3, -0.25) is 0 Å². The SMILES string of the molecule is CC.CCC.CCc1c(C)cc(C)c(C(C)(C)C)c1C(C)(C)C. The Kier molecular flexibility index (Phi) is 10.8. The smallest absolute Gasteiger partial charge is 0.0126 e. The molecule has 0 amide bonds. The van der Waals surface area contributed by atoms with Crippen LogP contribution in [-0.2, 0) is 17.3 Å². The van der Waals surface area contributed by atoms with E-state index in [4.69, 9.17) is 0 Å².